The van der Waals surface area contributed by atoms with Crippen molar-refractivity contribution in [1.82, 2.24) is 5.32 Å². The Labute approximate surface area is 186 Å². The summed E-state index contributed by atoms with van der Waals surface area (Å²) in [6.07, 6.45) is 5.12. The van der Waals surface area contributed by atoms with Crippen LogP contribution < -0.4 is 5.32 Å². The van der Waals surface area contributed by atoms with Crippen LogP contribution in [0.1, 0.15) is 66.8 Å². The van der Waals surface area contributed by atoms with E-state index in [2.05, 4.69) is 61.6 Å². The van der Waals surface area contributed by atoms with E-state index in [0.717, 1.165) is 38.6 Å². The molecule has 2 aromatic rings. The van der Waals surface area contributed by atoms with E-state index >= 15 is 0 Å². The number of nitrogens with one attached hydrogen (secondary N) is 1. The van der Waals surface area contributed by atoms with Crippen molar-refractivity contribution in [2.24, 2.45) is 0 Å². The van der Waals surface area contributed by atoms with E-state index in [0.29, 0.717) is 19.1 Å². The highest BCUT2D eigenvalue weighted by atomic mass is 16.5. The van der Waals surface area contributed by atoms with Crippen molar-refractivity contribution in [3.05, 3.63) is 70.3 Å². The number of benzene rings is 2. The summed E-state index contributed by atoms with van der Waals surface area (Å²) in [5.74, 6) is -0.161. The molecule has 0 saturated heterocycles. The van der Waals surface area contributed by atoms with Crippen molar-refractivity contribution < 1.29 is 14.3 Å². The van der Waals surface area contributed by atoms with Gasteiger partial charge in [-0.2, -0.15) is 0 Å². The monoisotopic (exact) mass is 421 g/mol. The Hall–Kier alpha value is -2.17. The minimum atomic E-state index is -0.274. The number of aryl methyl sites for hydroxylation is 2. The van der Waals surface area contributed by atoms with Crippen molar-refractivity contribution in [3.8, 4) is 0 Å². The average Bonchev–Trinajstić information content (AvgIpc) is 2.75. The SMILES string of the molecule is CCOC(=O)C[C@@H]1Cc2ccccc2C2(CCC(NCc3ccc(C)cc3C)CC2)O1. The van der Waals surface area contributed by atoms with Crippen LogP contribution in [0.25, 0.3) is 0 Å². The summed E-state index contributed by atoms with van der Waals surface area (Å²) in [6, 6.07) is 15.8. The topological polar surface area (TPSA) is 47.6 Å². The lowest BCUT2D eigenvalue weighted by Gasteiger charge is -2.46. The van der Waals surface area contributed by atoms with Crippen LogP contribution in [0.2, 0.25) is 0 Å². The molecule has 1 aliphatic heterocycles. The van der Waals surface area contributed by atoms with Gasteiger partial charge < -0.3 is 14.8 Å². The maximum atomic E-state index is 12.1. The molecular formula is C27H35NO3. The molecule has 1 fully saturated rings. The largest absolute Gasteiger partial charge is 0.466 e. The summed E-state index contributed by atoms with van der Waals surface area (Å²) in [7, 11) is 0. The van der Waals surface area contributed by atoms with E-state index in [9.17, 15) is 4.79 Å². The number of hydrogen-bond donors (Lipinski definition) is 1. The van der Waals surface area contributed by atoms with Gasteiger partial charge in [-0.15, -0.1) is 0 Å². The highest BCUT2D eigenvalue weighted by molar-refractivity contribution is 5.70. The second-order valence-corrected chi connectivity index (χ2v) is 9.19. The lowest BCUT2D eigenvalue weighted by Crippen LogP contribution is -2.46. The van der Waals surface area contributed by atoms with Gasteiger partial charge in [0.1, 0.15) is 0 Å². The Kier molecular flexibility index (Phi) is 6.78. The molecule has 2 aromatic carbocycles. The van der Waals surface area contributed by atoms with Crippen molar-refractivity contribution in [2.75, 3.05) is 6.61 Å². The van der Waals surface area contributed by atoms with Crippen LogP contribution in [0.5, 0.6) is 0 Å². The third-order valence-electron chi connectivity index (χ3n) is 6.92. The number of rotatable bonds is 6. The van der Waals surface area contributed by atoms with Crippen LogP contribution >= 0.6 is 0 Å². The molecule has 4 rings (SSSR count). The van der Waals surface area contributed by atoms with Gasteiger partial charge in [0.25, 0.3) is 0 Å². The van der Waals surface area contributed by atoms with Crippen LogP contribution in [0.4, 0.5) is 0 Å². The van der Waals surface area contributed by atoms with Gasteiger partial charge in [-0.25, -0.2) is 0 Å². The standard InChI is InChI=1S/C27H35NO3/c1-4-30-26(29)17-24-16-21-7-5-6-8-25(21)27(31-24)13-11-23(12-14-27)28-18-22-10-9-19(2)15-20(22)3/h5-10,15,23-24,28H,4,11-14,16-18H2,1-3H3/t23?,24-,27?/m0/s1. The summed E-state index contributed by atoms with van der Waals surface area (Å²) in [5.41, 5.74) is 6.41. The molecule has 0 unspecified atom stereocenters. The zero-order valence-electron chi connectivity index (χ0n) is 19.1. The smallest absolute Gasteiger partial charge is 0.308 e. The highest BCUT2D eigenvalue weighted by Gasteiger charge is 2.44. The Morgan fingerprint density at radius 1 is 1.16 bits per heavy atom. The molecule has 0 amide bonds. The van der Waals surface area contributed by atoms with Crippen LogP contribution in [0.3, 0.4) is 0 Å². The lowest BCUT2D eigenvalue weighted by atomic mass is 9.73. The molecule has 1 atom stereocenters. The minimum absolute atomic E-state index is 0.103. The first-order valence-corrected chi connectivity index (χ1v) is 11.7. The second kappa shape index (κ2) is 9.54. The van der Waals surface area contributed by atoms with Crippen molar-refractivity contribution in [3.63, 3.8) is 0 Å². The number of carbonyl (C=O) groups is 1. The molecule has 1 heterocycles. The predicted molar refractivity (Wildman–Crippen MR) is 123 cm³/mol. The Morgan fingerprint density at radius 2 is 1.94 bits per heavy atom. The fourth-order valence-electron chi connectivity index (χ4n) is 5.31. The zero-order valence-corrected chi connectivity index (χ0v) is 19.1. The van der Waals surface area contributed by atoms with E-state index < -0.39 is 0 Å². The number of ether oxygens (including phenoxy) is 2. The van der Waals surface area contributed by atoms with Gasteiger partial charge in [0.2, 0.25) is 0 Å². The molecule has 0 aromatic heterocycles. The Bertz CT molecular complexity index is 914. The summed E-state index contributed by atoms with van der Waals surface area (Å²) in [5, 5.41) is 3.77. The molecule has 0 bridgehead atoms. The zero-order chi connectivity index (χ0) is 21.8. The number of fused-ring (bicyclic) bond motifs is 2. The molecule has 1 N–H and O–H groups in total. The first-order valence-electron chi connectivity index (χ1n) is 11.7. The van der Waals surface area contributed by atoms with Crippen molar-refractivity contribution in [2.45, 2.75) is 83.6 Å². The van der Waals surface area contributed by atoms with Crippen molar-refractivity contribution in [1.29, 1.82) is 0 Å². The molecule has 1 aliphatic carbocycles. The summed E-state index contributed by atoms with van der Waals surface area (Å²) in [6.45, 7) is 7.51. The van der Waals surface area contributed by atoms with E-state index in [4.69, 9.17) is 9.47 Å². The molecule has 1 saturated carbocycles. The van der Waals surface area contributed by atoms with E-state index in [-0.39, 0.29) is 17.7 Å². The highest BCUT2D eigenvalue weighted by Crippen LogP contribution is 2.46. The molecule has 1 spiro atoms. The van der Waals surface area contributed by atoms with Gasteiger partial charge in [-0.1, -0.05) is 48.0 Å². The molecule has 4 heteroatoms. The van der Waals surface area contributed by atoms with Crippen LogP contribution in [-0.4, -0.2) is 24.7 Å². The lowest BCUT2D eigenvalue weighted by molar-refractivity contribution is -0.160. The quantitative estimate of drug-likeness (QED) is 0.657. The van der Waals surface area contributed by atoms with Crippen molar-refractivity contribution >= 4 is 5.97 Å². The third kappa shape index (κ3) is 5.02. The fourth-order valence-corrected chi connectivity index (χ4v) is 5.31. The summed E-state index contributed by atoms with van der Waals surface area (Å²) < 4.78 is 11.9. The Morgan fingerprint density at radius 3 is 2.68 bits per heavy atom. The maximum absolute atomic E-state index is 12.1. The first kappa shape index (κ1) is 22.0. The molecule has 166 valence electrons. The van der Waals surface area contributed by atoms with E-state index in [1.807, 2.05) is 6.92 Å². The Balaban J connectivity index is 1.42. The third-order valence-corrected chi connectivity index (χ3v) is 6.92. The van der Waals surface area contributed by atoms with E-state index in [1.165, 1.54) is 27.8 Å². The van der Waals surface area contributed by atoms with Gasteiger partial charge in [0.05, 0.1) is 24.7 Å². The number of carbonyl (C=O) groups excluding carboxylic acids is 1. The first-order chi connectivity index (χ1) is 15.0. The summed E-state index contributed by atoms with van der Waals surface area (Å²) in [4.78, 5) is 12.1. The molecule has 4 nitrogen and oxygen atoms in total. The minimum Gasteiger partial charge on any atom is -0.466 e. The molecular weight excluding hydrogens is 386 g/mol. The second-order valence-electron chi connectivity index (χ2n) is 9.19. The van der Waals surface area contributed by atoms with Gasteiger partial charge in [-0.05, 0) is 75.1 Å². The predicted octanol–water partition coefficient (Wildman–Crippen LogP) is 5.13. The normalized spacial score (nSPS) is 25.3. The molecule has 31 heavy (non-hydrogen) atoms. The van der Waals surface area contributed by atoms with Gasteiger partial charge in [0.15, 0.2) is 0 Å². The van der Waals surface area contributed by atoms with Gasteiger partial charge in [0, 0.05) is 12.6 Å². The van der Waals surface area contributed by atoms with E-state index in [1.54, 1.807) is 0 Å². The summed E-state index contributed by atoms with van der Waals surface area (Å²) >= 11 is 0. The van der Waals surface area contributed by atoms with Gasteiger partial charge >= 0.3 is 5.97 Å². The molecule has 2 aliphatic rings. The van der Waals surface area contributed by atoms with Crippen LogP contribution in [-0.2, 0) is 32.8 Å². The molecule has 0 radical (unpaired) electrons. The van der Waals surface area contributed by atoms with Gasteiger partial charge in [-0.3, -0.25) is 4.79 Å². The fraction of sp³-hybridized carbons (Fsp3) is 0.519. The van der Waals surface area contributed by atoms with Crippen LogP contribution in [0.15, 0.2) is 42.5 Å². The maximum Gasteiger partial charge on any atom is 0.308 e. The average molecular weight is 422 g/mol. The number of hydrogen-bond acceptors (Lipinski definition) is 4. The van der Waals surface area contributed by atoms with Crippen LogP contribution in [0, 0.1) is 13.8 Å². The number of esters is 1.